The summed E-state index contributed by atoms with van der Waals surface area (Å²) in [6.07, 6.45) is 0. The van der Waals surface area contributed by atoms with Gasteiger partial charge in [0.25, 0.3) is 0 Å². The van der Waals surface area contributed by atoms with E-state index in [0.717, 1.165) is 0 Å². The van der Waals surface area contributed by atoms with Crippen molar-refractivity contribution < 1.29 is 8.42 Å². The van der Waals surface area contributed by atoms with E-state index in [1.54, 1.807) is 28.6 Å². The molecule has 1 saturated heterocycles. The highest BCUT2D eigenvalue weighted by atomic mass is 35.5. The molecule has 0 saturated carbocycles. The minimum Gasteiger partial charge on any atom is -0.290 e. The molecule has 6 heteroatoms. The van der Waals surface area contributed by atoms with Crippen LogP contribution in [0.15, 0.2) is 95.9 Å². The first-order valence-corrected chi connectivity index (χ1v) is 11.0. The zero-order chi connectivity index (χ0) is 19.4. The minimum atomic E-state index is -3.43. The van der Waals surface area contributed by atoms with Crippen LogP contribution in [0, 0.1) is 0 Å². The van der Waals surface area contributed by atoms with Gasteiger partial charge in [0.2, 0.25) is 10.0 Å². The van der Waals surface area contributed by atoms with E-state index in [2.05, 4.69) is 53.4 Å². The van der Waals surface area contributed by atoms with Gasteiger partial charge in [-0.3, -0.25) is 4.90 Å². The molecule has 1 aliphatic rings. The fourth-order valence-electron chi connectivity index (χ4n) is 3.83. The number of piperazine rings is 1. The van der Waals surface area contributed by atoms with Crippen molar-refractivity contribution in [3.8, 4) is 0 Å². The fourth-order valence-corrected chi connectivity index (χ4v) is 5.27. The molecule has 0 spiro atoms. The lowest BCUT2D eigenvalue weighted by Gasteiger charge is -2.39. The molecule has 0 bridgehead atoms. The predicted molar refractivity (Wildman–Crippen MR) is 119 cm³/mol. The van der Waals surface area contributed by atoms with Crippen molar-refractivity contribution in [3.05, 3.63) is 102 Å². The van der Waals surface area contributed by atoms with Gasteiger partial charge in [-0.1, -0.05) is 78.9 Å². The highest BCUT2D eigenvalue weighted by Gasteiger charge is 2.32. The van der Waals surface area contributed by atoms with Gasteiger partial charge in [0.15, 0.2) is 0 Å². The second-order valence-electron chi connectivity index (χ2n) is 6.98. The van der Waals surface area contributed by atoms with E-state index in [1.807, 2.05) is 18.2 Å². The SMILES string of the molecule is Cl.O=S(=O)(c1ccccc1)N1CCN(C(c2ccccc2)c2ccccc2)CC1. The highest BCUT2D eigenvalue weighted by molar-refractivity contribution is 7.89. The number of rotatable bonds is 5. The maximum absolute atomic E-state index is 12.9. The average molecular weight is 429 g/mol. The third-order valence-corrected chi connectivity index (χ3v) is 7.16. The number of benzene rings is 3. The third kappa shape index (κ3) is 4.70. The second-order valence-corrected chi connectivity index (χ2v) is 8.91. The van der Waals surface area contributed by atoms with Crippen molar-refractivity contribution in [2.75, 3.05) is 26.2 Å². The van der Waals surface area contributed by atoms with Crippen molar-refractivity contribution in [1.82, 2.24) is 9.21 Å². The Morgan fingerprint density at radius 3 is 1.48 bits per heavy atom. The summed E-state index contributed by atoms with van der Waals surface area (Å²) in [5, 5.41) is 0. The molecule has 1 heterocycles. The number of halogens is 1. The Morgan fingerprint density at radius 2 is 1.03 bits per heavy atom. The van der Waals surface area contributed by atoms with Gasteiger partial charge in [-0.05, 0) is 23.3 Å². The Morgan fingerprint density at radius 1 is 0.621 bits per heavy atom. The van der Waals surface area contributed by atoms with Gasteiger partial charge in [0, 0.05) is 26.2 Å². The monoisotopic (exact) mass is 428 g/mol. The molecule has 0 aliphatic carbocycles. The van der Waals surface area contributed by atoms with Gasteiger partial charge in [0.05, 0.1) is 10.9 Å². The summed E-state index contributed by atoms with van der Waals surface area (Å²) in [6.45, 7) is 2.38. The summed E-state index contributed by atoms with van der Waals surface area (Å²) >= 11 is 0. The van der Waals surface area contributed by atoms with Crippen molar-refractivity contribution >= 4 is 22.4 Å². The Labute approximate surface area is 179 Å². The maximum Gasteiger partial charge on any atom is 0.243 e. The van der Waals surface area contributed by atoms with Gasteiger partial charge in [-0.25, -0.2) is 8.42 Å². The van der Waals surface area contributed by atoms with Crippen molar-refractivity contribution in [2.45, 2.75) is 10.9 Å². The molecule has 0 N–H and O–H groups in total. The Balaban J connectivity index is 0.00000240. The zero-order valence-corrected chi connectivity index (χ0v) is 17.7. The molecule has 4 nitrogen and oxygen atoms in total. The third-order valence-electron chi connectivity index (χ3n) is 5.25. The summed E-state index contributed by atoms with van der Waals surface area (Å²) in [4.78, 5) is 2.74. The molecule has 0 aromatic heterocycles. The van der Waals surface area contributed by atoms with E-state index in [4.69, 9.17) is 0 Å². The van der Waals surface area contributed by atoms with Crippen LogP contribution in [-0.2, 0) is 10.0 Å². The largest absolute Gasteiger partial charge is 0.290 e. The van der Waals surface area contributed by atoms with Crippen LogP contribution in [-0.4, -0.2) is 43.8 Å². The van der Waals surface area contributed by atoms with Gasteiger partial charge < -0.3 is 0 Å². The summed E-state index contributed by atoms with van der Waals surface area (Å²) in [5.41, 5.74) is 2.46. The summed E-state index contributed by atoms with van der Waals surface area (Å²) < 4.78 is 27.4. The lowest BCUT2D eigenvalue weighted by molar-refractivity contribution is 0.156. The molecule has 4 rings (SSSR count). The lowest BCUT2D eigenvalue weighted by atomic mass is 9.96. The van der Waals surface area contributed by atoms with E-state index in [1.165, 1.54) is 11.1 Å². The van der Waals surface area contributed by atoms with Crippen LogP contribution >= 0.6 is 12.4 Å². The zero-order valence-electron chi connectivity index (χ0n) is 16.1. The van der Waals surface area contributed by atoms with E-state index in [9.17, 15) is 8.42 Å². The molecule has 0 unspecified atom stereocenters. The van der Waals surface area contributed by atoms with E-state index < -0.39 is 10.0 Å². The molecule has 3 aromatic carbocycles. The van der Waals surface area contributed by atoms with Crippen LogP contribution in [0.25, 0.3) is 0 Å². The quantitative estimate of drug-likeness (QED) is 0.611. The average Bonchev–Trinajstić information content (AvgIpc) is 2.76. The van der Waals surface area contributed by atoms with Gasteiger partial charge in [-0.15, -0.1) is 12.4 Å². The summed E-state index contributed by atoms with van der Waals surface area (Å²) in [6, 6.07) is 29.7. The normalized spacial score (nSPS) is 15.8. The first-order chi connectivity index (χ1) is 13.7. The lowest BCUT2D eigenvalue weighted by Crippen LogP contribution is -2.49. The first kappa shape index (κ1) is 21.5. The molecule has 1 aliphatic heterocycles. The van der Waals surface area contributed by atoms with Crippen LogP contribution in [0.3, 0.4) is 0 Å². The number of sulfonamides is 1. The van der Waals surface area contributed by atoms with E-state index in [-0.39, 0.29) is 18.4 Å². The smallest absolute Gasteiger partial charge is 0.243 e. The Bertz CT molecular complexity index is 951. The van der Waals surface area contributed by atoms with Gasteiger partial charge >= 0.3 is 0 Å². The molecule has 0 radical (unpaired) electrons. The first-order valence-electron chi connectivity index (χ1n) is 9.55. The summed E-state index contributed by atoms with van der Waals surface area (Å²) in [5.74, 6) is 0. The predicted octanol–water partition coefficient (Wildman–Crippen LogP) is 4.20. The molecule has 152 valence electrons. The van der Waals surface area contributed by atoms with Crippen molar-refractivity contribution in [3.63, 3.8) is 0 Å². The van der Waals surface area contributed by atoms with Gasteiger partial charge in [0.1, 0.15) is 0 Å². The second kappa shape index (κ2) is 9.55. The minimum absolute atomic E-state index is 0. The summed E-state index contributed by atoms with van der Waals surface area (Å²) in [7, 11) is -3.43. The topological polar surface area (TPSA) is 40.6 Å². The van der Waals surface area contributed by atoms with Gasteiger partial charge in [-0.2, -0.15) is 4.31 Å². The van der Waals surface area contributed by atoms with Crippen molar-refractivity contribution in [1.29, 1.82) is 0 Å². The molecule has 29 heavy (non-hydrogen) atoms. The number of hydrogen-bond donors (Lipinski definition) is 0. The van der Waals surface area contributed by atoms with E-state index in [0.29, 0.717) is 31.1 Å². The van der Waals surface area contributed by atoms with Crippen LogP contribution < -0.4 is 0 Å². The number of hydrogen-bond acceptors (Lipinski definition) is 3. The van der Waals surface area contributed by atoms with Crippen LogP contribution in [0.4, 0.5) is 0 Å². The standard InChI is InChI=1S/C23H24N2O2S.ClH/c26-28(27,22-14-8-3-9-15-22)25-18-16-24(17-19-25)23(20-10-4-1-5-11-20)21-12-6-2-7-13-21;/h1-15,23H,16-19H2;1H. The molecular formula is C23H25ClN2O2S. The fraction of sp³-hybridized carbons (Fsp3) is 0.217. The molecule has 1 fully saturated rings. The molecular weight excluding hydrogens is 404 g/mol. The molecule has 3 aromatic rings. The van der Waals surface area contributed by atoms with E-state index >= 15 is 0 Å². The Kier molecular flexibility index (Phi) is 7.09. The molecule has 0 amide bonds. The number of nitrogens with zero attached hydrogens (tertiary/aromatic N) is 2. The van der Waals surface area contributed by atoms with Crippen LogP contribution in [0.2, 0.25) is 0 Å². The van der Waals surface area contributed by atoms with Crippen LogP contribution in [0.5, 0.6) is 0 Å². The Hall–Kier alpha value is -2.18. The van der Waals surface area contributed by atoms with Crippen LogP contribution in [0.1, 0.15) is 17.2 Å². The van der Waals surface area contributed by atoms with Crippen molar-refractivity contribution in [2.24, 2.45) is 0 Å². The molecule has 0 atom stereocenters. The highest BCUT2D eigenvalue weighted by Crippen LogP contribution is 2.30. The maximum atomic E-state index is 12.9.